The number of hydrogen-bond acceptors (Lipinski definition) is 3. The number of imide groups is 1. The predicted molar refractivity (Wildman–Crippen MR) is 85.3 cm³/mol. The van der Waals surface area contributed by atoms with Crippen LogP contribution in [0.5, 0.6) is 0 Å². The number of unbranched alkanes of at least 4 members (excludes halogenated alkanes) is 2. The molecule has 118 valence electrons. The largest absolute Gasteiger partial charge is 0.330 e. The number of benzene rings is 1. The normalized spacial score (nSPS) is 24.1. The van der Waals surface area contributed by atoms with Gasteiger partial charge in [0.15, 0.2) is 0 Å². The number of aryl methyl sites for hydroxylation is 1. The number of likely N-dealkylation sites (tertiary alicyclic amines) is 1. The molecule has 1 fully saturated rings. The summed E-state index contributed by atoms with van der Waals surface area (Å²) in [6.07, 6.45) is 5.91. The molecule has 1 spiro atoms. The Hall–Kier alpha value is -1.68. The molecule has 1 atom stereocenters. The number of nitrogens with zero attached hydrogens (tertiary/aromatic N) is 1. The first-order valence-electron chi connectivity index (χ1n) is 8.32. The van der Waals surface area contributed by atoms with E-state index in [2.05, 4.69) is 6.07 Å². The van der Waals surface area contributed by atoms with Crippen LogP contribution in [0.1, 0.15) is 49.7 Å². The SMILES string of the molecule is NCCCCCN1C(=O)CC2(CCCc3ccccc32)C1=O. The van der Waals surface area contributed by atoms with Gasteiger partial charge in [-0.3, -0.25) is 14.5 Å². The zero-order valence-corrected chi connectivity index (χ0v) is 13.0. The van der Waals surface area contributed by atoms with Crippen LogP contribution < -0.4 is 5.73 Å². The maximum Gasteiger partial charge on any atom is 0.240 e. The van der Waals surface area contributed by atoms with E-state index in [4.69, 9.17) is 5.73 Å². The van der Waals surface area contributed by atoms with E-state index in [0.29, 0.717) is 19.5 Å². The van der Waals surface area contributed by atoms with E-state index in [1.54, 1.807) is 0 Å². The van der Waals surface area contributed by atoms with Crippen molar-refractivity contribution in [3.8, 4) is 0 Å². The van der Waals surface area contributed by atoms with Gasteiger partial charge in [-0.1, -0.05) is 30.7 Å². The maximum absolute atomic E-state index is 13.0. The summed E-state index contributed by atoms with van der Waals surface area (Å²) in [5.41, 5.74) is 7.23. The van der Waals surface area contributed by atoms with Gasteiger partial charge in [0.05, 0.1) is 5.41 Å². The molecule has 3 rings (SSSR count). The zero-order valence-electron chi connectivity index (χ0n) is 13.0. The van der Waals surface area contributed by atoms with Crippen molar-refractivity contribution in [1.82, 2.24) is 4.90 Å². The Kier molecular flexibility index (Phi) is 4.30. The molecule has 4 nitrogen and oxygen atoms in total. The lowest BCUT2D eigenvalue weighted by molar-refractivity contribution is -0.140. The summed E-state index contributed by atoms with van der Waals surface area (Å²) in [6.45, 7) is 1.21. The first kappa shape index (κ1) is 15.2. The van der Waals surface area contributed by atoms with E-state index in [1.807, 2.05) is 18.2 Å². The van der Waals surface area contributed by atoms with Gasteiger partial charge < -0.3 is 5.73 Å². The van der Waals surface area contributed by atoms with Crippen molar-refractivity contribution in [3.63, 3.8) is 0 Å². The minimum Gasteiger partial charge on any atom is -0.330 e. The molecular weight excluding hydrogens is 276 g/mol. The molecule has 0 bridgehead atoms. The number of amides is 2. The fourth-order valence-electron chi connectivity index (χ4n) is 3.94. The van der Waals surface area contributed by atoms with Gasteiger partial charge in [0.25, 0.3) is 0 Å². The summed E-state index contributed by atoms with van der Waals surface area (Å²) in [6, 6.07) is 8.13. The predicted octanol–water partition coefficient (Wildman–Crippen LogP) is 2.15. The summed E-state index contributed by atoms with van der Waals surface area (Å²) in [5, 5.41) is 0. The first-order valence-corrected chi connectivity index (χ1v) is 8.32. The molecule has 0 radical (unpaired) electrons. The number of carbonyl (C=O) groups is 2. The standard InChI is InChI=1S/C18H24N2O2/c19-11-4-1-5-12-20-16(21)13-18(17(20)22)10-6-8-14-7-2-3-9-15(14)18/h2-3,7,9H,1,4-6,8,10-13,19H2. The van der Waals surface area contributed by atoms with Crippen LogP contribution in [0.3, 0.4) is 0 Å². The number of hydrogen-bond donors (Lipinski definition) is 1. The van der Waals surface area contributed by atoms with Gasteiger partial charge in [0.2, 0.25) is 11.8 Å². The van der Waals surface area contributed by atoms with Gasteiger partial charge in [-0.15, -0.1) is 0 Å². The highest BCUT2D eigenvalue weighted by atomic mass is 16.2. The van der Waals surface area contributed by atoms with Gasteiger partial charge in [-0.2, -0.15) is 0 Å². The summed E-state index contributed by atoms with van der Waals surface area (Å²) >= 11 is 0. The van der Waals surface area contributed by atoms with Crippen LogP contribution in [-0.2, 0) is 21.4 Å². The number of carbonyl (C=O) groups excluding carboxylic acids is 2. The Balaban J connectivity index is 1.82. The van der Waals surface area contributed by atoms with Crippen molar-refractivity contribution in [1.29, 1.82) is 0 Å². The monoisotopic (exact) mass is 300 g/mol. The molecule has 4 heteroatoms. The third-order valence-corrected chi connectivity index (χ3v) is 5.08. The summed E-state index contributed by atoms with van der Waals surface area (Å²) < 4.78 is 0. The van der Waals surface area contributed by atoms with Gasteiger partial charge >= 0.3 is 0 Å². The average molecular weight is 300 g/mol. The Morgan fingerprint density at radius 3 is 2.77 bits per heavy atom. The lowest BCUT2D eigenvalue weighted by Gasteiger charge is -2.33. The summed E-state index contributed by atoms with van der Waals surface area (Å²) in [7, 11) is 0. The molecule has 2 N–H and O–H groups in total. The third kappa shape index (κ3) is 2.45. The Morgan fingerprint density at radius 1 is 1.14 bits per heavy atom. The zero-order chi connectivity index (χ0) is 15.6. The highest BCUT2D eigenvalue weighted by molar-refractivity contribution is 6.09. The van der Waals surface area contributed by atoms with E-state index < -0.39 is 5.41 Å². The van der Waals surface area contributed by atoms with Crippen LogP contribution in [0.25, 0.3) is 0 Å². The van der Waals surface area contributed by atoms with E-state index >= 15 is 0 Å². The number of nitrogens with two attached hydrogens (primary N) is 1. The Morgan fingerprint density at radius 2 is 1.95 bits per heavy atom. The number of rotatable bonds is 5. The van der Waals surface area contributed by atoms with Crippen LogP contribution in [0, 0.1) is 0 Å². The van der Waals surface area contributed by atoms with Crippen molar-refractivity contribution in [2.24, 2.45) is 5.73 Å². The second kappa shape index (κ2) is 6.21. The van der Waals surface area contributed by atoms with Crippen LogP contribution in [-0.4, -0.2) is 29.8 Å². The van der Waals surface area contributed by atoms with E-state index in [0.717, 1.165) is 44.1 Å². The molecule has 0 saturated carbocycles. The molecule has 1 aromatic rings. The van der Waals surface area contributed by atoms with Crippen LogP contribution in [0.4, 0.5) is 0 Å². The highest BCUT2D eigenvalue weighted by Crippen LogP contribution is 2.45. The Bertz CT molecular complexity index is 584. The molecule has 1 aliphatic carbocycles. The molecule has 22 heavy (non-hydrogen) atoms. The average Bonchev–Trinajstić information content (AvgIpc) is 2.76. The third-order valence-electron chi connectivity index (χ3n) is 5.08. The van der Waals surface area contributed by atoms with Crippen molar-refractivity contribution in [2.75, 3.05) is 13.1 Å². The molecule has 0 aromatic heterocycles. The van der Waals surface area contributed by atoms with Crippen molar-refractivity contribution < 1.29 is 9.59 Å². The van der Waals surface area contributed by atoms with Crippen molar-refractivity contribution >= 4 is 11.8 Å². The lowest BCUT2D eigenvalue weighted by Crippen LogP contribution is -2.41. The van der Waals surface area contributed by atoms with E-state index in [9.17, 15) is 9.59 Å². The van der Waals surface area contributed by atoms with Crippen molar-refractivity contribution in [2.45, 2.75) is 50.4 Å². The molecule has 1 heterocycles. The maximum atomic E-state index is 13.0. The van der Waals surface area contributed by atoms with Gasteiger partial charge in [-0.05, 0) is 49.8 Å². The van der Waals surface area contributed by atoms with Crippen LogP contribution in [0.15, 0.2) is 24.3 Å². The molecule has 1 unspecified atom stereocenters. The van der Waals surface area contributed by atoms with Crippen LogP contribution in [0.2, 0.25) is 0 Å². The summed E-state index contributed by atoms with van der Waals surface area (Å²) in [4.78, 5) is 26.9. The van der Waals surface area contributed by atoms with Crippen molar-refractivity contribution in [3.05, 3.63) is 35.4 Å². The number of fused-ring (bicyclic) bond motifs is 2. The van der Waals surface area contributed by atoms with Gasteiger partial charge in [0.1, 0.15) is 0 Å². The molecule has 1 aliphatic heterocycles. The molecule has 1 saturated heterocycles. The smallest absolute Gasteiger partial charge is 0.240 e. The minimum absolute atomic E-state index is 0.00514. The molecule has 2 aliphatic rings. The fourth-order valence-corrected chi connectivity index (χ4v) is 3.94. The first-order chi connectivity index (χ1) is 10.7. The van der Waals surface area contributed by atoms with E-state index in [1.165, 1.54) is 10.5 Å². The topological polar surface area (TPSA) is 63.4 Å². The van der Waals surface area contributed by atoms with E-state index in [-0.39, 0.29) is 11.8 Å². The van der Waals surface area contributed by atoms with Crippen LogP contribution >= 0.6 is 0 Å². The van der Waals surface area contributed by atoms with Gasteiger partial charge in [0, 0.05) is 13.0 Å². The highest BCUT2D eigenvalue weighted by Gasteiger charge is 2.53. The second-order valence-corrected chi connectivity index (χ2v) is 6.47. The Labute approximate surface area is 131 Å². The molecule has 1 aromatic carbocycles. The quantitative estimate of drug-likeness (QED) is 0.669. The fraction of sp³-hybridized carbons (Fsp3) is 0.556. The summed E-state index contributed by atoms with van der Waals surface area (Å²) in [5.74, 6) is 0.0202. The minimum atomic E-state index is -0.584. The second-order valence-electron chi connectivity index (χ2n) is 6.47. The lowest BCUT2D eigenvalue weighted by atomic mass is 9.69. The molecular formula is C18H24N2O2. The van der Waals surface area contributed by atoms with Gasteiger partial charge in [-0.25, -0.2) is 0 Å². The molecule has 2 amide bonds.